The lowest BCUT2D eigenvalue weighted by atomic mass is 10.00. The smallest absolute Gasteiger partial charge is 0.312 e. The van der Waals surface area contributed by atoms with Crippen LogP contribution in [0.15, 0.2) is 36.4 Å². The number of hydrogen-bond donors (Lipinski definition) is 1. The maximum Gasteiger partial charge on any atom is 0.312 e. The zero-order valence-corrected chi connectivity index (χ0v) is 10.6. The van der Waals surface area contributed by atoms with E-state index >= 15 is 0 Å². The van der Waals surface area contributed by atoms with Gasteiger partial charge in [0.1, 0.15) is 11.3 Å². The average molecular weight is 273 g/mol. The number of aldehydes is 1. The number of aromatic hydroxyl groups is 1. The molecule has 0 saturated heterocycles. The first-order valence-electron chi connectivity index (χ1n) is 5.69. The molecular weight excluding hydrogens is 262 g/mol. The molecule has 20 heavy (non-hydrogen) atoms. The molecule has 2 rings (SSSR count). The van der Waals surface area contributed by atoms with E-state index in [1.165, 1.54) is 13.2 Å². The normalized spacial score (nSPS) is 10.1. The van der Waals surface area contributed by atoms with Crippen molar-refractivity contribution in [1.82, 2.24) is 0 Å². The number of phenols is 1. The van der Waals surface area contributed by atoms with Crippen LogP contribution in [0.4, 0.5) is 5.69 Å². The number of hydrogen-bond acceptors (Lipinski definition) is 5. The molecule has 6 nitrogen and oxygen atoms in total. The lowest BCUT2D eigenvalue weighted by molar-refractivity contribution is -0.385. The van der Waals surface area contributed by atoms with E-state index in [0.717, 1.165) is 0 Å². The number of nitro groups is 1. The third kappa shape index (κ3) is 2.18. The molecular formula is C14H11NO5. The first-order valence-corrected chi connectivity index (χ1v) is 5.69. The molecule has 0 saturated carbocycles. The van der Waals surface area contributed by atoms with E-state index in [0.29, 0.717) is 17.4 Å². The van der Waals surface area contributed by atoms with Gasteiger partial charge >= 0.3 is 5.69 Å². The van der Waals surface area contributed by atoms with Gasteiger partial charge in [0.05, 0.1) is 12.0 Å². The van der Waals surface area contributed by atoms with E-state index in [-0.39, 0.29) is 11.3 Å². The van der Waals surface area contributed by atoms with Crippen LogP contribution in [0.3, 0.4) is 0 Å². The van der Waals surface area contributed by atoms with Gasteiger partial charge in [0.2, 0.25) is 5.75 Å². The topological polar surface area (TPSA) is 89.7 Å². The van der Waals surface area contributed by atoms with Crippen LogP contribution < -0.4 is 4.74 Å². The summed E-state index contributed by atoms with van der Waals surface area (Å²) in [7, 11) is 1.33. The number of carbonyl (C=O) groups excluding carboxylic acids is 1. The van der Waals surface area contributed by atoms with Crippen LogP contribution in [0.5, 0.6) is 11.5 Å². The van der Waals surface area contributed by atoms with Gasteiger partial charge in [-0.15, -0.1) is 0 Å². The predicted octanol–water partition coefficient (Wildman–Crippen LogP) is 2.79. The van der Waals surface area contributed by atoms with Crippen molar-refractivity contribution in [3.05, 3.63) is 52.1 Å². The summed E-state index contributed by atoms with van der Waals surface area (Å²) in [5.74, 6) is -0.587. The Morgan fingerprint density at radius 3 is 2.45 bits per heavy atom. The number of carbonyl (C=O) groups is 1. The Morgan fingerprint density at radius 1 is 1.30 bits per heavy atom. The summed E-state index contributed by atoms with van der Waals surface area (Å²) in [6.07, 6.45) is 0.341. The zero-order chi connectivity index (χ0) is 14.7. The summed E-state index contributed by atoms with van der Waals surface area (Å²) >= 11 is 0. The summed E-state index contributed by atoms with van der Waals surface area (Å²) < 4.78 is 5.12. The molecule has 0 amide bonds. The van der Waals surface area contributed by atoms with E-state index in [1.54, 1.807) is 30.3 Å². The number of nitrogens with zero attached hydrogens (tertiary/aromatic N) is 1. The molecule has 102 valence electrons. The molecule has 0 fully saturated rings. The largest absolute Gasteiger partial charge is 0.501 e. The van der Waals surface area contributed by atoms with Gasteiger partial charge in [-0.05, 0) is 5.56 Å². The fraction of sp³-hybridized carbons (Fsp3) is 0.0714. The van der Waals surface area contributed by atoms with Gasteiger partial charge in [0.25, 0.3) is 0 Å². The molecule has 1 N–H and O–H groups in total. The van der Waals surface area contributed by atoms with E-state index < -0.39 is 16.4 Å². The van der Waals surface area contributed by atoms with Crippen molar-refractivity contribution in [1.29, 1.82) is 0 Å². The van der Waals surface area contributed by atoms with Crippen molar-refractivity contribution < 1.29 is 19.6 Å². The minimum Gasteiger partial charge on any atom is -0.501 e. The van der Waals surface area contributed by atoms with Gasteiger partial charge < -0.3 is 9.84 Å². The molecule has 0 aliphatic carbocycles. The van der Waals surface area contributed by atoms with Crippen LogP contribution in [0.25, 0.3) is 11.1 Å². The molecule has 0 aliphatic heterocycles. The van der Waals surface area contributed by atoms with Crippen LogP contribution in [0.2, 0.25) is 0 Å². The molecule has 0 spiro atoms. The maximum atomic E-state index is 11.1. The first-order chi connectivity index (χ1) is 9.60. The molecule has 2 aromatic carbocycles. The first kappa shape index (κ1) is 13.5. The fourth-order valence-corrected chi connectivity index (χ4v) is 1.96. The highest BCUT2D eigenvalue weighted by Crippen LogP contribution is 2.42. The third-order valence-electron chi connectivity index (χ3n) is 2.87. The van der Waals surface area contributed by atoms with E-state index in [2.05, 4.69) is 0 Å². The molecule has 2 aromatic rings. The van der Waals surface area contributed by atoms with E-state index in [1.807, 2.05) is 0 Å². The lowest BCUT2D eigenvalue weighted by Gasteiger charge is -2.12. The monoisotopic (exact) mass is 273 g/mol. The number of nitro benzene ring substituents is 1. The second-order valence-electron chi connectivity index (χ2n) is 3.98. The minimum absolute atomic E-state index is 0.106. The molecule has 6 heteroatoms. The Morgan fingerprint density at radius 2 is 1.95 bits per heavy atom. The standard InChI is InChI=1S/C14H11NO5/c1-20-14-10(9-5-3-2-4-6-9)7-12(15(18)19)13(17)11(14)8-16/h2-8,17H,1H3. The second-order valence-corrected chi connectivity index (χ2v) is 3.98. The lowest BCUT2D eigenvalue weighted by Crippen LogP contribution is -1.99. The summed E-state index contributed by atoms with van der Waals surface area (Å²) in [6, 6.07) is 9.96. The molecule has 0 heterocycles. The Balaban J connectivity index is 2.82. The summed E-state index contributed by atoms with van der Waals surface area (Å²) in [5, 5.41) is 20.8. The Bertz CT molecular complexity index is 667. The summed E-state index contributed by atoms with van der Waals surface area (Å²) in [4.78, 5) is 21.3. The van der Waals surface area contributed by atoms with Crippen molar-refractivity contribution in [3.63, 3.8) is 0 Å². The van der Waals surface area contributed by atoms with Crippen LogP contribution in [-0.2, 0) is 0 Å². The van der Waals surface area contributed by atoms with Crippen molar-refractivity contribution in [2.75, 3.05) is 7.11 Å². The Kier molecular flexibility index (Phi) is 3.65. The number of benzene rings is 2. The van der Waals surface area contributed by atoms with Gasteiger partial charge in [-0.2, -0.15) is 0 Å². The predicted molar refractivity (Wildman–Crippen MR) is 72.1 cm³/mol. The van der Waals surface area contributed by atoms with Gasteiger partial charge in [-0.1, -0.05) is 30.3 Å². The van der Waals surface area contributed by atoms with Crippen molar-refractivity contribution in [2.45, 2.75) is 0 Å². The summed E-state index contributed by atoms with van der Waals surface area (Å²) in [6.45, 7) is 0. The number of rotatable bonds is 4. The number of methoxy groups -OCH3 is 1. The molecule has 0 aliphatic rings. The molecule has 0 bridgehead atoms. The average Bonchev–Trinajstić information content (AvgIpc) is 2.47. The fourth-order valence-electron chi connectivity index (χ4n) is 1.96. The van der Waals surface area contributed by atoms with Crippen molar-refractivity contribution in [2.24, 2.45) is 0 Å². The van der Waals surface area contributed by atoms with E-state index in [4.69, 9.17) is 4.74 Å². The van der Waals surface area contributed by atoms with Crippen LogP contribution >= 0.6 is 0 Å². The third-order valence-corrected chi connectivity index (χ3v) is 2.87. The maximum absolute atomic E-state index is 11.1. The van der Waals surface area contributed by atoms with Gasteiger partial charge in [-0.25, -0.2) is 0 Å². The van der Waals surface area contributed by atoms with Gasteiger partial charge in [-0.3, -0.25) is 14.9 Å². The van der Waals surface area contributed by atoms with Gasteiger partial charge in [0.15, 0.2) is 6.29 Å². The number of phenolic OH excluding ortho intramolecular Hbond substituents is 1. The highest BCUT2D eigenvalue weighted by atomic mass is 16.6. The molecule has 0 radical (unpaired) electrons. The second kappa shape index (κ2) is 5.40. The highest BCUT2D eigenvalue weighted by Gasteiger charge is 2.25. The highest BCUT2D eigenvalue weighted by molar-refractivity contribution is 5.92. The molecule has 0 atom stereocenters. The quantitative estimate of drug-likeness (QED) is 0.525. The Labute approximate surface area is 114 Å². The van der Waals surface area contributed by atoms with Crippen LogP contribution in [0, 0.1) is 10.1 Å². The summed E-state index contributed by atoms with van der Waals surface area (Å²) in [5.41, 5.74) is 0.252. The van der Waals surface area contributed by atoms with Gasteiger partial charge in [0, 0.05) is 11.6 Å². The molecule has 0 aromatic heterocycles. The van der Waals surface area contributed by atoms with Crippen molar-refractivity contribution >= 4 is 12.0 Å². The van der Waals surface area contributed by atoms with E-state index in [9.17, 15) is 20.0 Å². The Hall–Kier alpha value is -2.89. The van der Waals surface area contributed by atoms with Crippen LogP contribution in [-0.4, -0.2) is 23.4 Å². The SMILES string of the molecule is COc1c(-c2ccccc2)cc([N+](=O)[O-])c(O)c1C=O. The molecule has 0 unspecified atom stereocenters. The van der Waals surface area contributed by atoms with Crippen molar-refractivity contribution in [3.8, 4) is 22.6 Å². The van der Waals surface area contributed by atoms with Crippen LogP contribution in [0.1, 0.15) is 10.4 Å². The zero-order valence-electron chi connectivity index (χ0n) is 10.6. The number of ether oxygens (including phenoxy) is 1. The minimum atomic E-state index is -0.742.